The first kappa shape index (κ1) is 8.62. The quantitative estimate of drug-likeness (QED) is 0.640. The Balaban J connectivity index is 2.34. The van der Waals surface area contributed by atoms with Crippen molar-refractivity contribution in [3.8, 4) is 0 Å². The number of ether oxygens (including phenoxy) is 1. The van der Waals surface area contributed by atoms with Crippen molar-refractivity contribution in [3.63, 3.8) is 0 Å². The summed E-state index contributed by atoms with van der Waals surface area (Å²) in [6, 6.07) is 3.38. The Morgan fingerprint density at radius 2 is 2.46 bits per heavy atom. The van der Waals surface area contributed by atoms with Crippen molar-refractivity contribution in [3.05, 3.63) is 30.1 Å². The molecule has 2 atom stereocenters. The Bertz CT molecular complexity index is 290. The van der Waals surface area contributed by atoms with E-state index in [9.17, 15) is 10.2 Å². The van der Waals surface area contributed by atoms with Gasteiger partial charge in [0.15, 0.2) is 0 Å². The first-order chi connectivity index (χ1) is 6.23. The van der Waals surface area contributed by atoms with Crippen LogP contribution < -0.4 is 0 Å². The largest absolute Gasteiger partial charge is 0.387 e. The lowest BCUT2D eigenvalue weighted by Crippen LogP contribution is -2.35. The molecule has 4 heteroatoms. The highest BCUT2D eigenvalue weighted by atomic mass is 16.6. The van der Waals surface area contributed by atoms with Crippen LogP contribution in [0.5, 0.6) is 0 Å². The number of nitrogens with zero attached hydrogens (tertiary/aromatic N) is 1. The maximum Gasteiger partial charge on any atom is 0.220 e. The number of aromatic nitrogens is 1. The van der Waals surface area contributed by atoms with E-state index >= 15 is 0 Å². The van der Waals surface area contributed by atoms with E-state index in [-0.39, 0.29) is 0 Å². The highest BCUT2D eigenvalue weighted by Gasteiger charge is 2.43. The van der Waals surface area contributed by atoms with Gasteiger partial charge in [-0.05, 0) is 6.07 Å². The van der Waals surface area contributed by atoms with Crippen LogP contribution in [0.15, 0.2) is 24.5 Å². The van der Waals surface area contributed by atoms with Crippen molar-refractivity contribution in [2.75, 3.05) is 6.61 Å². The summed E-state index contributed by atoms with van der Waals surface area (Å²) in [5, 5.41) is 19.4. The molecular formula is C9H11NO3. The molecule has 0 radical (unpaired) electrons. The fraction of sp³-hybridized carbons (Fsp3) is 0.444. The number of pyridine rings is 1. The fourth-order valence-electron chi connectivity index (χ4n) is 1.47. The van der Waals surface area contributed by atoms with E-state index in [4.69, 9.17) is 4.74 Å². The van der Waals surface area contributed by atoms with Crippen LogP contribution in [0.25, 0.3) is 0 Å². The molecule has 1 fully saturated rings. The minimum Gasteiger partial charge on any atom is -0.387 e. The second-order valence-corrected chi connectivity index (χ2v) is 3.09. The standard InChI is InChI=1S/C9H11NO3/c11-8-3-5-13-9(8,12)7-2-1-4-10-6-7/h1-2,4,6,8,11-12H,3,5H2. The minimum absolute atomic E-state index is 0.368. The molecule has 13 heavy (non-hydrogen) atoms. The van der Waals surface area contributed by atoms with Crippen molar-refractivity contribution in [2.24, 2.45) is 0 Å². The molecule has 1 aromatic rings. The van der Waals surface area contributed by atoms with E-state index in [1.807, 2.05) is 0 Å². The van der Waals surface area contributed by atoms with Crippen molar-refractivity contribution in [1.82, 2.24) is 4.98 Å². The molecule has 1 saturated heterocycles. The highest BCUT2D eigenvalue weighted by molar-refractivity contribution is 5.17. The summed E-state index contributed by atoms with van der Waals surface area (Å²) in [5.41, 5.74) is 0.500. The van der Waals surface area contributed by atoms with Gasteiger partial charge in [-0.2, -0.15) is 0 Å². The Labute approximate surface area is 75.8 Å². The zero-order chi connectivity index (χ0) is 9.31. The maximum atomic E-state index is 9.92. The molecule has 2 rings (SSSR count). The van der Waals surface area contributed by atoms with Crippen molar-refractivity contribution >= 4 is 0 Å². The molecule has 1 aliphatic rings. The zero-order valence-corrected chi connectivity index (χ0v) is 7.05. The molecular weight excluding hydrogens is 170 g/mol. The number of aliphatic hydroxyl groups is 2. The first-order valence-electron chi connectivity index (χ1n) is 4.18. The molecule has 1 aromatic heterocycles. The molecule has 4 nitrogen and oxygen atoms in total. The van der Waals surface area contributed by atoms with Crippen LogP contribution in [0.2, 0.25) is 0 Å². The third kappa shape index (κ3) is 1.33. The van der Waals surface area contributed by atoms with Crippen molar-refractivity contribution in [1.29, 1.82) is 0 Å². The van der Waals surface area contributed by atoms with Gasteiger partial charge in [0, 0.05) is 24.4 Å². The minimum atomic E-state index is -1.56. The smallest absolute Gasteiger partial charge is 0.220 e. The van der Waals surface area contributed by atoms with Gasteiger partial charge >= 0.3 is 0 Å². The Hall–Kier alpha value is -0.970. The topological polar surface area (TPSA) is 62.6 Å². The van der Waals surface area contributed by atoms with Gasteiger partial charge in [-0.25, -0.2) is 0 Å². The monoisotopic (exact) mass is 181 g/mol. The summed E-state index contributed by atoms with van der Waals surface area (Å²) in [5.74, 6) is -1.56. The average molecular weight is 181 g/mol. The predicted octanol–water partition coefficient (Wildman–Crippen LogP) is 0.00790. The highest BCUT2D eigenvalue weighted by Crippen LogP contribution is 2.32. The van der Waals surface area contributed by atoms with Gasteiger partial charge in [-0.15, -0.1) is 0 Å². The normalized spacial score (nSPS) is 33.5. The summed E-state index contributed by atoms with van der Waals surface area (Å²) in [7, 11) is 0. The molecule has 70 valence electrons. The van der Waals surface area contributed by atoms with Gasteiger partial charge < -0.3 is 14.9 Å². The lowest BCUT2D eigenvalue weighted by atomic mass is 10.0. The van der Waals surface area contributed by atoms with E-state index in [2.05, 4.69) is 4.98 Å². The van der Waals surface area contributed by atoms with Gasteiger partial charge in [0.25, 0.3) is 0 Å². The molecule has 0 saturated carbocycles. The van der Waals surface area contributed by atoms with E-state index < -0.39 is 11.9 Å². The first-order valence-corrected chi connectivity index (χ1v) is 4.18. The predicted molar refractivity (Wildman–Crippen MR) is 44.7 cm³/mol. The van der Waals surface area contributed by atoms with Gasteiger partial charge in [0.2, 0.25) is 5.79 Å². The van der Waals surface area contributed by atoms with Crippen molar-refractivity contribution < 1.29 is 14.9 Å². The summed E-state index contributed by atoms with van der Waals surface area (Å²) in [6.07, 6.45) is 2.69. The second-order valence-electron chi connectivity index (χ2n) is 3.09. The molecule has 2 heterocycles. The molecule has 0 aliphatic carbocycles. The van der Waals surface area contributed by atoms with Crippen LogP contribution in [0, 0.1) is 0 Å². The van der Waals surface area contributed by atoms with Gasteiger partial charge in [-0.3, -0.25) is 4.98 Å². The van der Waals surface area contributed by atoms with Crippen LogP contribution in [0.3, 0.4) is 0 Å². The summed E-state index contributed by atoms with van der Waals surface area (Å²) < 4.78 is 5.10. The fourth-order valence-corrected chi connectivity index (χ4v) is 1.47. The second kappa shape index (κ2) is 3.06. The molecule has 2 N–H and O–H groups in total. The molecule has 1 aliphatic heterocycles. The van der Waals surface area contributed by atoms with Gasteiger partial charge in [-0.1, -0.05) is 6.07 Å². The maximum absolute atomic E-state index is 9.92. The Morgan fingerprint density at radius 3 is 3.00 bits per heavy atom. The average Bonchev–Trinajstić information content (AvgIpc) is 2.50. The van der Waals surface area contributed by atoms with Crippen LogP contribution in [0.1, 0.15) is 12.0 Å². The van der Waals surface area contributed by atoms with Crippen LogP contribution in [-0.2, 0) is 10.5 Å². The molecule has 0 bridgehead atoms. The van der Waals surface area contributed by atoms with E-state index in [0.29, 0.717) is 18.6 Å². The molecule has 0 spiro atoms. The van der Waals surface area contributed by atoms with Crippen LogP contribution in [-0.4, -0.2) is 27.9 Å². The zero-order valence-electron chi connectivity index (χ0n) is 7.05. The van der Waals surface area contributed by atoms with Crippen LogP contribution in [0.4, 0.5) is 0 Å². The summed E-state index contributed by atoms with van der Waals surface area (Å²) in [6.45, 7) is 0.368. The van der Waals surface area contributed by atoms with Crippen molar-refractivity contribution in [2.45, 2.75) is 18.3 Å². The molecule has 0 amide bonds. The number of hydrogen-bond donors (Lipinski definition) is 2. The lowest BCUT2D eigenvalue weighted by molar-refractivity contribution is -0.222. The van der Waals surface area contributed by atoms with E-state index in [1.165, 1.54) is 6.20 Å². The number of hydrogen-bond acceptors (Lipinski definition) is 4. The Kier molecular flexibility index (Phi) is 2.03. The summed E-state index contributed by atoms with van der Waals surface area (Å²) in [4.78, 5) is 3.86. The lowest BCUT2D eigenvalue weighted by Gasteiger charge is -2.25. The van der Waals surface area contributed by atoms with E-state index in [0.717, 1.165) is 0 Å². The number of rotatable bonds is 1. The van der Waals surface area contributed by atoms with E-state index in [1.54, 1.807) is 18.3 Å². The van der Waals surface area contributed by atoms with Gasteiger partial charge in [0.05, 0.1) is 6.61 Å². The third-order valence-electron chi connectivity index (χ3n) is 2.24. The molecule has 0 aromatic carbocycles. The van der Waals surface area contributed by atoms with Crippen LogP contribution >= 0.6 is 0 Å². The molecule has 2 unspecified atom stereocenters. The number of aliphatic hydroxyl groups excluding tert-OH is 1. The third-order valence-corrected chi connectivity index (χ3v) is 2.24. The Morgan fingerprint density at radius 1 is 1.62 bits per heavy atom. The SMILES string of the molecule is OC1CCOC1(O)c1cccnc1. The van der Waals surface area contributed by atoms with Gasteiger partial charge in [0.1, 0.15) is 6.10 Å². The summed E-state index contributed by atoms with van der Waals surface area (Å²) >= 11 is 0.